The zero-order valence-corrected chi connectivity index (χ0v) is 9.65. The zero-order valence-electron chi connectivity index (χ0n) is 8.83. The summed E-state index contributed by atoms with van der Waals surface area (Å²) < 4.78 is 25.6. The minimum Gasteiger partial charge on any atom is -0.321 e. The van der Waals surface area contributed by atoms with E-state index >= 15 is 0 Å². The summed E-state index contributed by atoms with van der Waals surface area (Å²) in [6.07, 6.45) is 0. The van der Waals surface area contributed by atoms with E-state index in [1.165, 1.54) is 17.4 Å². The van der Waals surface area contributed by atoms with Gasteiger partial charge in [0.1, 0.15) is 4.88 Å². The molecule has 0 fully saturated rings. The Morgan fingerprint density at radius 1 is 1.35 bits per heavy atom. The summed E-state index contributed by atoms with van der Waals surface area (Å²) in [5.41, 5.74) is 2.37. The summed E-state index contributed by atoms with van der Waals surface area (Å²) in [5, 5.41) is 2.48. The first-order valence-corrected chi connectivity index (χ1v) is 5.62. The van der Waals surface area contributed by atoms with Gasteiger partial charge in [-0.3, -0.25) is 4.79 Å². The monoisotopic (exact) mass is 254 g/mol. The van der Waals surface area contributed by atoms with Gasteiger partial charge >= 0.3 is 0 Å². The van der Waals surface area contributed by atoms with Crippen molar-refractivity contribution in [2.24, 2.45) is 0 Å². The normalized spacial score (nSPS) is 10.3. The summed E-state index contributed by atoms with van der Waals surface area (Å²) in [7, 11) is 0. The maximum Gasteiger partial charge on any atom is 0.267 e. The van der Waals surface area contributed by atoms with Crippen molar-refractivity contribution in [2.45, 2.75) is 6.92 Å². The number of thiazole rings is 1. The maximum atomic E-state index is 12.9. The van der Waals surface area contributed by atoms with Crippen molar-refractivity contribution in [2.75, 3.05) is 5.32 Å². The van der Waals surface area contributed by atoms with Crippen molar-refractivity contribution < 1.29 is 13.6 Å². The molecule has 1 aromatic heterocycles. The molecule has 88 valence electrons. The standard InChI is InChI=1S/C11H8F2N2OS/c1-6-10(17-5-14-6)11(16)15-7-2-3-8(12)9(13)4-7/h2-5H,1H3,(H,15,16). The highest BCUT2D eigenvalue weighted by Crippen LogP contribution is 2.17. The van der Waals surface area contributed by atoms with E-state index in [9.17, 15) is 13.6 Å². The highest BCUT2D eigenvalue weighted by Gasteiger charge is 2.12. The molecule has 0 aliphatic heterocycles. The summed E-state index contributed by atoms with van der Waals surface area (Å²) >= 11 is 1.19. The lowest BCUT2D eigenvalue weighted by molar-refractivity contribution is 0.103. The number of carbonyl (C=O) groups excluding carboxylic acids is 1. The van der Waals surface area contributed by atoms with Gasteiger partial charge in [-0.1, -0.05) is 0 Å². The second-order valence-corrected chi connectivity index (χ2v) is 4.20. The molecule has 0 aliphatic rings. The molecular formula is C11H8F2N2OS. The lowest BCUT2D eigenvalue weighted by atomic mass is 10.3. The fourth-order valence-electron chi connectivity index (χ4n) is 1.28. The molecule has 0 bridgehead atoms. The Hall–Kier alpha value is -1.82. The number of hydrogen-bond acceptors (Lipinski definition) is 3. The van der Waals surface area contributed by atoms with Gasteiger partial charge < -0.3 is 5.32 Å². The van der Waals surface area contributed by atoms with Gasteiger partial charge in [0.25, 0.3) is 5.91 Å². The Morgan fingerprint density at radius 2 is 2.12 bits per heavy atom. The number of amides is 1. The van der Waals surface area contributed by atoms with Gasteiger partial charge in [0.15, 0.2) is 11.6 Å². The Morgan fingerprint density at radius 3 is 2.71 bits per heavy atom. The Bertz CT molecular complexity index is 568. The molecule has 1 aromatic carbocycles. The number of halogens is 2. The quantitative estimate of drug-likeness (QED) is 0.895. The van der Waals surface area contributed by atoms with E-state index < -0.39 is 11.6 Å². The van der Waals surface area contributed by atoms with Gasteiger partial charge in [0, 0.05) is 11.8 Å². The third kappa shape index (κ3) is 2.47. The Kier molecular flexibility index (Phi) is 3.14. The van der Waals surface area contributed by atoms with Gasteiger partial charge in [0.2, 0.25) is 0 Å². The van der Waals surface area contributed by atoms with Gasteiger partial charge in [-0.25, -0.2) is 13.8 Å². The van der Waals surface area contributed by atoms with Crippen LogP contribution in [-0.2, 0) is 0 Å². The molecule has 0 aliphatic carbocycles. The van der Waals surface area contributed by atoms with E-state index in [-0.39, 0.29) is 11.6 Å². The summed E-state index contributed by atoms with van der Waals surface area (Å²) in [6, 6.07) is 3.20. The number of aromatic nitrogens is 1. The fourth-order valence-corrected chi connectivity index (χ4v) is 1.98. The second-order valence-electron chi connectivity index (χ2n) is 3.35. The molecule has 1 N–H and O–H groups in total. The molecular weight excluding hydrogens is 246 g/mol. The highest BCUT2D eigenvalue weighted by atomic mass is 32.1. The SMILES string of the molecule is Cc1ncsc1C(=O)Nc1ccc(F)c(F)c1. The van der Waals surface area contributed by atoms with Crippen LogP contribution >= 0.6 is 11.3 Å². The number of nitrogens with zero attached hydrogens (tertiary/aromatic N) is 1. The number of aryl methyl sites for hydroxylation is 1. The topological polar surface area (TPSA) is 42.0 Å². The van der Waals surface area contributed by atoms with Crippen LogP contribution in [-0.4, -0.2) is 10.9 Å². The second kappa shape index (κ2) is 4.58. The molecule has 1 heterocycles. The molecule has 3 nitrogen and oxygen atoms in total. The predicted molar refractivity (Wildman–Crippen MR) is 61.2 cm³/mol. The van der Waals surface area contributed by atoms with E-state index in [2.05, 4.69) is 10.3 Å². The number of anilines is 1. The number of nitrogens with one attached hydrogen (secondary N) is 1. The third-order valence-electron chi connectivity index (χ3n) is 2.13. The van der Waals surface area contributed by atoms with E-state index in [0.29, 0.717) is 10.6 Å². The number of carbonyl (C=O) groups is 1. The smallest absolute Gasteiger partial charge is 0.267 e. The largest absolute Gasteiger partial charge is 0.321 e. The average Bonchev–Trinajstić information content (AvgIpc) is 2.70. The average molecular weight is 254 g/mol. The van der Waals surface area contributed by atoms with Crippen molar-refractivity contribution in [1.29, 1.82) is 0 Å². The van der Waals surface area contributed by atoms with Crippen LogP contribution in [0.3, 0.4) is 0 Å². The fraction of sp³-hybridized carbons (Fsp3) is 0.0909. The third-order valence-corrected chi connectivity index (χ3v) is 3.06. The van der Waals surface area contributed by atoms with E-state index in [1.54, 1.807) is 12.4 Å². The number of rotatable bonds is 2. The molecule has 2 aromatic rings. The van der Waals surface area contributed by atoms with Gasteiger partial charge in [-0.2, -0.15) is 0 Å². The first-order chi connectivity index (χ1) is 8.08. The molecule has 17 heavy (non-hydrogen) atoms. The molecule has 0 radical (unpaired) electrons. The van der Waals surface area contributed by atoms with Crippen LogP contribution in [0.4, 0.5) is 14.5 Å². The molecule has 1 amide bonds. The Balaban J connectivity index is 2.19. The molecule has 6 heteroatoms. The molecule has 2 rings (SSSR count). The predicted octanol–water partition coefficient (Wildman–Crippen LogP) is 2.98. The van der Waals surface area contributed by atoms with Gasteiger partial charge in [-0.15, -0.1) is 11.3 Å². The van der Waals surface area contributed by atoms with Gasteiger partial charge in [0.05, 0.1) is 11.2 Å². The van der Waals surface area contributed by atoms with Crippen LogP contribution in [0.5, 0.6) is 0 Å². The first kappa shape index (κ1) is 11.7. The summed E-state index contributed by atoms with van der Waals surface area (Å²) in [4.78, 5) is 16.1. The lowest BCUT2D eigenvalue weighted by Gasteiger charge is -2.04. The van der Waals surface area contributed by atoms with Crippen molar-refractivity contribution >= 4 is 22.9 Å². The lowest BCUT2D eigenvalue weighted by Crippen LogP contribution is -2.11. The van der Waals surface area contributed by atoms with Crippen LogP contribution in [0, 0.1) is 18.6 Å². The first-order valence-electron chi connectivity index (χ1n) is 4.74. The maximum absolute atomic E-state index is 12.9. The zero-order chi connectivity index (χ0) is 12.4. The van der Waals surface area contributed by atoms with E-state index in [1.807, 2.05) is 0 Å². The minimum atomic E-state index is -0.996. The number of hydrogen-bond donors (Lipinski definition) is 1. The Labute approximate surface area is 100 Å². The highest BCUT2D eigenvalue weighted by molar-refractivity contribution is 7.12. The molecule has 0 saturated carbocycles. The summed E-state index contributed by atoms with van der Waals surface area (Å²) in [5.74, 6) is -2.32. The molecule has 0 unspecified atom stereocenters. The van der Waals surface area contributed by atoms with Crippen molar-refractivity contribution in [3.8, 4) is 0 Å². The minimum absolute atomic E-state index is 0.210. The van der Waals surface area contributed by atoms with E-state index in [4.69, 9.17) is 0 Å². The van der Waals surface area contributed by atoms with Crippen molar-refractivity contribution in [3.63, 3.8) is 0 Å². The van der Waals surface area contributed by atoms with Crippen LogP contribution in [0.25, 0.3) is 0 Å². The van der Waals surface area contributed by atoms with Crippen LogP contribution < -0.4 is 5.32 Å². The molecule has 0 saturated heterocycles. The van der Waals surface area contributed by atoms with E-state index in [0.717, 1.165) is 12.1 Å². The van der Waals surface area contributed by atoms with Crippen LogP contribution in [0.15, 0.2) is 23.7 Å². The number of benzene rings is 1. The molecule has 0 spiro atoms. The van der Waals surface area contributed by atoms with Crippen LogP contribution in [0.2, 0.25) is 0 Å². The summed E-state index contributed by atoms with van der Waals surface area (Å²) in [6.45, 7) is 1.71. The van der Waals surface area contributed by atoms with Crippen molar-refractivity contribution in [1.82, 2.24) is 4.98 Å². The molecule has 0 atom stereocenters. The van der Waals surface area contributed by atoms with Gasteiger partial charge in [-0.05, 0) is 19.1 Å². The van der Waals surface area contributed by atoms with Crippen molar-refractivity contribution in [3.05, 3.63) is 45.9 Å². The van der Waals surface area contributed by atoms with Crippen LogP contribution in [0.1, 0.15) is 15.4 Å².